The van der Waals surface area contributed by atoms with E-state index in [1.165, 1.54) is 0 Å². The number of rotatable bonds is 4. The van der Waals surface area contributed by atoms with Crippen LogP contribution in [0.4, 0.5) is 0 Å². The predicted octanol–water partition coefficient (Wildman–Crippen LogP) is 2.44. The monoisotopic (exact) mass is 231 g/mol. The molecule has 0 aliphatic carbocycles. The zero-order chi connectivity index (χ0) is 10.6. The topological polar surface area (TPSA) is 46.2 Å². The highest BCUT2D eigenvalue weighted by molar-refractivity contribution is 7.98. The summed E-state index contributed by atoms with van der Waals surface area (Å²) >= 11 is 7.60. The first-order chi connectivity index (χ1) is 6.69. The van der Waals surface area contributed by atoms with Crippen LogP contribution >= 0.6 is 23.4 Å². The molecular formula is C10H14ClNOS. The van der Waals surface area contributed by atoms with E-state index >= 15 is 0 Å². The van der Waals surface area contributed by atoms with E-state index in [0.29, 0.717) is 18.0 Å². The van der Waals surface area contributed by atoms with Gasteiger partial charge in [0.1, 0.15) is 0 Å². The molecule has 0 aromatic heterocycles. The minimum absolute atomic E-state index is 0.475. The third-order valence-corrected chi connectivity index (χ3v) is 3.22. The van der Waals surface area contributed by atoms with Gasteiger partial charge in [-0.15, -0.1) is 11.8 Å². The molecule has 0 aliphatic rings. The highest BCUT2D eigenvalue weighted by atomic mass is 35.5. The maximum absolute atomic E-state index is 9.66. The van der Waals surface area contributed by atoms with Crippen molar-refractivity contribution in [1.82, 2.24) is 0 Å². The molecule has 1 unspecified atom stereocenters. The van der Waals surface area contributed by atoms with E-state index in [4.69, 9.17) is 17.3 Å². The highest BCUT2D eigenvalue weighted by Gasteiger charge is 2.08. The van der Waals surface area contributed by atoms with Gasteiger partial charge in [-0.1, -0.05) is 17.7 Å². The normalized spacial score (nSPS) is 12.9. The van der Waals surface area contributed by atoms with E-state index < -0.39 is 6.10 Å². The highest BCUT2D eigenvalue weighted by Crippen LogP contribution is 2.28. The van der Waals surface area contributed by atoms with Crippen molar-refractivity contribution < 1.29 is 5.11 Å². The van der Waals surface area contributed by atoms with E-state index in [0.717, 1.165) is 10.5 Å². The van der Waals surface area contributed by atoms with Crippen molar-refractivity contribution in [3.8, 4) is 0 Å². The van der Waals surface area contributed by atoms with Gasteiger partial charge in [0.05, 0.1) is 11.1 Å². The van der Waals surface area contributed by atoms with Crippen LogP contribution in [0.3, 0.4) is 0 Å². The number of aliphatic hydroxyl groups is 1. The maximum Gasteiger partial charge on any atom is 0.0802 e. The molecule has 1 aromatic rings. The van der Waals surface area contributed by atoms with Crippen molar-refractivity contribution in [3.63, 3.8) is 0 Å². The molecule has 0 fully saturated rings. The average Bonchev–Trinajstić information content (AvgIpc) is 2.18. The Morgan fingerprint density at radius 2 is 2.29 bits per heavy atom. The molecular weight excluding hydrogens is 218 g/mol. The van der Waals surface area contributed by atoms with Crippen LogP contribution in [-0.2, 0) is 0 Å². The molecule has 14 heavy (non-hydrogen) atoms. The summed E-state index contributed by atoms with van der Waals surface area (Å²) in [6, 6.07) is 5.60. The number of hydrogen-bond acceptors (Lipinski definition) is 3. The van der Waals surface area contributed by atoms with Crippen LogP contribution in [0.5, 0.6) is 0 Å². The summed E-state index contributed by atoms with van der Waals surface area (Å²) in [4.78, 5) is 1.02. The zero-order valence-electron chi connectivity index (χ0n) is 8.03. The Kier molecular flexibility index (Phi) is 4.75. The lowest BCUT2D eigenvalue weighted by Gasteiger charge is -2.11. The second-order valence-corrected chi connectivity index (χ2v) is 4.24. The van der Waals surface area contributed by atoms with Gasteiger partial charge in [0.2, 0.25) is 0 Å². The molecule has 4 heteroatoms. The molecule has 0 aliphatic heterocycles. The van der Waals surface area contributed by atoms with E-state index in [-0.39, 0.29) is 0 Å². The van der Waals surface area contributed by atoms with Crippen LogP contribution in [0.1, 0.15) is 18.1 Å². The Bertz CT molecular complexity index is 306. The molecule has 0 saturated carbocycles. The molecule has 0 heterocycles. The van der Waals surface area contributed by atoms with Crippen molar-refractivity contribution in [1.29, 1.82) is 0 Å². The number of thioether (sulfide) groups is 1. The lowest BCUT2D eigenvalue weighted by molar-refractivity contribution is 0.170. The van der Waals surface area contributed by atoms with Gasteiger partial charge < -0.3 is 10.8 Å². The molecule has 3 N–H and O–H groups in total. The largest absolute Gasteiger partial charge is 0.388 e. The smallest absolute Gasteiger partial charge is 0.0802 e. The van der Waals surface area contributed by atoms with Crippen LogP contribution in [0.25, 0.3) is 0 Å². The lowest BCUT2D eigenvalue weighted by Crippen LogP contribution is -2.06. The summed E-state index contributed by atoms with van der Waals surface area (Å²) in [6.07, 6.45) is 2.03. The van der Waals surface area contributed by atoms with Gasteiger partial charge in [0, 0.05) is 4.90 Å². The number of nitrogens with two attached hydrogens (primary N) is 1. The van der Waals surface area contributed by atoms with Crippen LogP contribution in [0.15, 0.2) is 23.1 Å². The molecule has 0 bridgehead atoms. The summed E-state index contributed by atoms with van der Waals surface area (Å²) in [7, 11) is 0. The predicted molar refractivity (Wildman–Crippen MR) is 61.9 cm³/mol. The van der Waals surface area contributed by atoms with Gasteiger partial charge >= 0.3 is 0 Å². The minimum Gasteiger partial charge on any atom is -0.388 e. The van der Waals surface area contributed by atoms with Crippen LogP contribution < -0.4 is 5.73 Å². The van der Waals surface area contributed by atoms with E-state index in [1.54, 1.807) is 17.8 Å². The van der Waals surface area contributed by atoms with Crippen LogP contribution in [-0.4, -0.2) is 17.9 Å². The number of hydrogen-bond donors (Lipinski definition) is 2. The van der Waals surface area contributed by atoms with E-state index in [2.05, 4.69) is 0 Å². The molecule has 0 amide bonds. The first-order valence-electron chi connectivity index (χ1n) is 4.40. The molecule has 0 radical (unpaired) electrons. The van der Waals surface area contributed by atoms with Gasteiger partial charge in [-0.2, -0.15) is 0 Å². The van der Waals surface area contributed by atoms with Gasteiger partial charge in [0.15, 0.2) is 0 Å². The SMILES string of the molecule is CSc1ccc(C(O)CCN)cc1Cl. The maximum atomic E-state index is 9.66. The van der Waals surface area contributed by atoms with Crippen LogP contribution in [0, 0.1) is 0 Å². The Morgan fingerprint density at radius 3 is 2.79 bits per heavy atom. The third kappa shape index (κ3) is 2.89. The molecule has 1 aromatic carbocycles. The van der Waals surface area contributed by atoms with E-state index in [9.17, 15) is 5.11 Å². The van der Waals surface area contributed by atoms with Gasteiger partial charge in [-0.25, -0.2) is 0 Å². The molecule has 1 rings (SSSR count). The first-order valence-corrected chi connectivity index (χ1v) is 6.01. The van der Waals surface area contributed by atoms with Crippen molar-refractivity contribution in [2.75, 3.05) is 12.8 Å². The summed E-state index contributed by atoms with van der Waals surface area (Å²) in [5, 5.41) is 10.3. The molecule has 1 atom stereocenters. The Hall–Kier alpha value is -0.220. The average molecular weight is 232 g/mol. The van der Waals surface area contributed by atoms with Gasteiger partial charge in [0.25, 0.3) is 0 Å². The standard InChI is InChI=1S/C10H14ClNOS/c1-14-10-3-2-7(6-8(10)11)9(13)4-5-12/h2-3,6,9,13H,4-5,12H2,1H3. The van der Waals surface area contributed by atoms with Crippen molar-refractivity contribution in [2.45, 2.75) is 17.4 Å². The lowest BCUT2D eigenvalue weighted by atomic mass is 10.1. The van der Waals surface area contributed by atoms with Gasteiger partial charge in [-0.05, 0) is 36.9 Å². The summed E-state index contributed by atoms with van der Waals surface area (Å²) in [6.45, 7) is 0.475. The number of benzene rings is 1. The third-order valence-electron chi connectivity index (χ3n) is 2.00. The fraction of sp³-hybridized carbons (Fsp3) is 0.400. The molecule has 0 saturated heterocycles. The first kappa shape index (κ1) is 11.9. The molecule has 78 valence electrons. The fourth-order valence-corrected chi connectivity index (χ4v) is 2.09. The van der Waals surface area contributed by atoms with Crippen molar-refractivity contribution in [3.05, 3.63) is 28.8 Å². The minimum atomic E-state index is -0.506. The van der Waals surface area contributed by atoms with Crippen molar-refractivity contribution in [2.24, 2.45) is 5.73 Å². The quantitative estimate of drug-likeness (QED) is 0.783. The number of halogens is 1. The summed E-state index contributed by atoms with van der Waals surface area (Å²) in [5.41, 5.74) is 6.20. The molecule has 2 nitrogen and oxygen atoms in total. The van der Waals surface area contributed by atoms with Crippen LogP contribution in [0.2, 0.25) is 5.02 Å². The summed E-state index contributed by atoms with van der Waals surface area (Å²) in [5.74, 6) is 0. The zero-order valence-corrected chi connectivity index (χ0v) is 9.61. The number of aliphatic hydroxyl groups excluding tert-OH is 1. The fourth-order valence-electron chi connectivity index (χ4n) is 1.21. The van der Waals surface area contributed by atoms with Gasteiger partial charge in [-0.3, -0.25) is 0 Å². The van der Waals surface area contributed by atoms with E-state index in [1.807, 2.05) is 18.4 Å². The molecule has 0 spiro atoms. The Morgan fingerprint density at radius 1 is 1.57 bits per heavy atom. The Balaban J connectivity index is 2.85. The Labute approximate surface area is 93.5 Å². The second kappa shape index (κ2) is 5.61. The van der Waals surface area contributed by atoms with Crippen molar-refractivity contribution >= 4 is 23.4 Å². The summed E-state index contributed by atoms with van der Waals surface area (Å²) < 4.78 is 0. The second-order valence-electron chi connectivity index (χ2n) is 2.99.